The van der Waals surface area contributed by atoms with Crippen LogP contribution in [0.1, 0.15) is 17.3 Å². The van der Waals surface area contributed by atoms with Crippen molar-refractivity contribution in [1.82, 2.24) is 10.2 Å². The van der Waals surface area contributed by atoms with Crippen molar-refractivity contribution in [3.05, 3.63) is 30.0 Å². The lowest BCUT2D eigenvalue weighted by atomic mass is 10.1. The van der Waals surface area contributed by atoms with Crippen LogP contribution in [0.25, 0.3) is 11.0 Å². The van der Waals surface area contributed by atoms with E-state index in [0.29, 0.717) is 49.8 Å². The van der Waals surface area contributed by atoms with Crippen LogP contribution in [0.5, 0.6) is 5.75 Å². The molecule has 2 aromatic rings. The summed E-state index contributed by atoms with van der Waals surface area (Å²) in [5.41, 5.74) is 0.973. The zero-order chi connectivity index (χ0) is 16.9. The minimum absolute atomic E-state index is 0.0427. The lowest BCUT2D eigenvalue weighted by Gasteiger charge is -2.26. The van der Waals surface area contributed by atoms with Crippen LogP contribution in [0.15, 0.2) is 28.9 Å². The van der Waals surface area contributed by atoms with Crippen molar-refractivity contribution in [2.24, 2.45) is 0 Å². The van der Waals surface area contributed by atoms with Crippen molar-refractivity contribution in [2.45, 2.75) is 6.92 Å². The largest absolute Gasteiger partial charge is 0.493 e. The third kappa shape index (κ3) is 3.51. The zero-order valence-electron chi connectivity index (χ0n) is 13.5. The number of carbonyl (C=O) groups is 2. The van der Waals surface area contributed by atoms with E-state index < -0.39 is 0 Å². The first-order valence-corrected chi connectivity index (χ1v) is 7.97. The van der Waals surface area contributed by atoms with Crippen LogP contribution in [0, 0.1) is 0 Å². The molecule has 0 saturated carbocycles. The van der Waals surface area contributed by atoms with Gasteiger partial charge in [-0.2, -0.15) is 0 Å². The molecule has 0 bridgehead atoms. The van der Waals surface area contributed by atoms with Crippen LogP contribution < -0.4 is 10.1 Å². The van der Waals surface area contributed by atoms with Gasteiger partial charge in [0.05, 0.1) is 38.0 Å². The number of amides is 2. The van der Waals surface area contributed by atoms with E-state index in [0.717, 1.165) is 5.39 Å². The number of ether oxygens (including phenoxy) is 2. The lowest BCUT2D eigenvalue weighted by Crippen LogP contribution is -2.45. The molecule has 1 aromatic carbocycles. The van der Waals surface area contributed by atoms with Gasteiger partial charge in [-0.25, -0.2) is 0 Å². The molecule has 3 rings (SSSR count). The molecular weight excluding hydrogens is 312 g/mol. The van der Waals surface area contributed by atoms with E-state index in [1.807, 2.05) is 6.92 Å². The Hall–Kier alpha value is -2.54. The maximum Gasteiger partial charge on any atom is 0.251 e. The number of carbonyl (C=O) groups excluding carboxylic acids is 2. The highest BCUT2D eigenvalue weighted by Gasteiger charge is 2.18. The van der Waals surface area contributed by atoms with Gasteiger partial charge >= 0.3 is 0 Å². The summed E-state index contributed by atoms with van der Waals surface area (Å²) in [6.07, 6.45) is 1.55. The number of furan rings is 1. The van der Waals surface area contributed by atoms with Crippen molar-refractivity contribution in [1.29, 1.82) is 0 Å². The summed E-state index contributed by atoms with van der Waals surface area (Å²) in [5.74, 6) is 0.139. The molecule has 0 radical (unpaired) electrons. The molecule has 0 atom stereocenters. The lowest BCUT2D eigenvalue weighted by molar-refractivity contribution is -0.134. The molecule has 0 unspecified atom stereocenters. The molecule has 1 aliphatic rings. The van der Waals surface area contributed by atoms with E-state index in [9.17, 15) is 9.59 Å². The maximum atomic E-state index is 12.4. The number of fused-ring (bicyclic) bond motifs is 1. The van der Waals surface area contributed by atoms with E-state index >= 15 is 0 Å². The van der Waals surface area contributed by atoms with Gasteiger partial charge in [-0.05, 0) is 25.1 Å². The second-order valence-corrected chi connectivity index (χ2v) is 5.42. The third-order valence-electron chi connectivity index (χ3n) is 3.86. The van der Waals surface area contributed by atoms with Crippen LogP contribution in [0.3, 0.4) is 0 Å². The Morgan fingerprint density at radius 3 is 2.83 bits per heavy atom. The fraction of sp³-hybridized carbons (Fsp3) is 0.412. The zero-order valence-corrected chi connectivity index (χ0v) is 13.5. The Morgan fingerprint density at radius 1 is 1.29 bits per heavy atom. The van der Waals surface area contributed by atoms with Gasteiger partial charge in [-0.1, -0.05) is 0 Å². The Labute approximate surface area is 139 Å². The van der Waals surface area contributed by atoms with Gasteiger partial charge in [0.15, 0.2) is 0 Å². The molecule has 1 saturated heterocycles. The molecule has 0 aliphatic carbocycles. The summed E-state index contributed by atoms with van der Waals surface area (Å²) >= 11 is 0. The SMILES string of the molecule is CCOc1cc(C(=O)NCC(=O)N2CCOCC2)cc2occc12. The summed E-state index contributed by atoms with van der Waals surface area (Å²) in [5, 5.41) is 3.47. The predicted octanol–water partition coefficient (Wildman–Crippen LogP) is 1.42. The second-order valence-electron chi connectivity index (χ2n) is 5.42. The normalized spacial score (nSPS) is 14.6. The van der Waals surface area contributed by atoms with Crippen LogP contribution in [-0.4, -0.2) is 56.2 Å². The van der Waals surface area contributed by atoms with Gasteiger partial charge in [-0.15, -0.1) is 0 Å². The first-order chi connectivity index (χ1) is 11.7. The number of benzene rings is 1. The van der Waals surface area contributed by atoms with E-state index in [-0.39, 0.29) is 18.4 Å². The first-order valence-electron chi connectivity index (χ1n) is 7.97. The summed E-state index contributed by atoms with van der Waals surface area (Å²) < 4.78 is 16.1. The van der Waals surface area contributed by atoms with Crippen LogP contribution >= 0.6 is 0 Å². The monoisotopic (exact) mass is 332 g/mol. The van der Waals surface area contributed by atoms with Crippen molar-refractivity contribution < 1.29 is 23.5 Å². The van der Waals surface area contributed by atoms with E-state index in [2.05, 4.69) is 5.32 Å². The smallest absolute Gasteiger partial charge is 0.251 e. The Morgan fingerprint density at radius 2 is 2.08 bits per heavy atom. The molecule has 1 N–H and O–H groups in total. The van der Waals surface area contributed by atoms with E-state index in [4.69, 9.17) is 13.9 Å². The van der Waals surface area contributed by atoms with Gasteiger partial charge in [0.25, 0.3) is 5.91 Å². The van der Waals surface area contributed by atoms with Gasteiger partial charge in [-0.3, -0.25) is 9.59 Å². The molecule has 128 valence electrons. The average molecular weight is 332 g/mol. The highest BCUT2D eigenvalue weighted by atomic mass is 16.5. The minimum atomic E-state index is -0.337. The number of nitrogens with zero attached hydrogens (tertiary/aromatic N) is 1. The molecule has 7 heteroatoms. The third-order valence-corrected chi connectivity index (χ3v) is 3.86. The van der Waals surface area contributed by atoms with Crippen molar-refractivity contribution in [3.63, 3.8) is 0 Å². The number of hydrogen-bond donors (Lipinski definition) is 1. The summed E-state index contributed by atoms with van der Waals surface area (Å²) in [6, 6.07) is 5.10. The van der Waals surface area contributed by atoms with Gasteiger partial charge in [0, 0.05) is 18.7 Å². The summed E-state index contributed by atoms with van der Waals surface area (Å²) in [4.78, 5) is 26.1. The van der Waals surface area contributed by atoms with Crippen molar-refractivity contribution in [2.75, 3.05) is 39.5 Å². The Balaban J connectivity index is 1.68. The molecule has 1 fully saturated rings. The topological polar surface area (TPSA) is 81.0 Å². The average Bonchev–Trinajstić information content (AvgIpc) is 3.09. The van der Waals surface area contributed by atoms with Crippen LogP contribution in [0.4, 0.5) is 0 Å². The van der Waals surface area contributed by atoms with Crippen LogP contribution in [0.2, 0.25) is 0 Å². The molecular formula is C17H20N2O5. The van der Waals surface area contributed by atoms with E-state index in [1.165, 1.54) is 0 Å². The van der Waals surface area contributed by atoms with E-state index in [1.54, 1.807) is 29.4 Å². The second kappa shape index (κ2) is 7.35. The minimum Gasteiger partial charge on any atom is -0.493 e. The van der Waals surface area contributed by atoms with Crippen molar-refractivity contribution >= 4 is 22.8 Å². The Kier molecular flexibility index (Phi) is 5.00. The first kappa shape index (κ1) is 16.3. The quantitative estimate of drug-likeness (QED) is 0.895. The summed E-state index contributed by atoms with van der Waals surface area (Å²) in [6.45, 7) is 4.50. The number of morpholine rings is 1. The van der Waals surface area contributed by atoms with Gasteiger partial charge in [0.2, 0.25) is 5.91 Å². The molecule has 0 spiro atoms. The van der Waals surface area contributed by atoms with Gasteiger partial charge in [0.1, 0.15) is 11.3 Å². The molecule has 7 nitrogen and oxygen atoms in total. The molecule has 1 aliphatic heterocycles. The molecule has 1 aromatic heterocycles. The fourth-order valence-electron chi connectivity index (χ4n) is 2.63. The molecule has 24 heavy (non-hydrogen) atoms. The Bertz CT molecular complexity index is 734. The predicted molar refractivity (Wildman–Crippen MR) is 87.1 cm³/mol. The maximum absolute atomic E-state index is 12.4. The standard InChI is InChI=1S/C17H20N2O5/c1-2-23-14-9-12(10-15-13(14)3-6-24-15)17(21)18-11-16(20)19-4-7-22-8-5-19/h3,6,9-10H,2,4-5,7-8,11H2,1H3,(H,18,21). The highest BCUT2D eigenvalue weighted by molar-refractivity contribution is 6.00. The number of rotatable bonds is 5. The highest BCUT2D eigenvalue weighted by Crippen LogP contribution is 2.28. The molecule has 2 amide bonds. The molecule has 2 heterocycles. The van der Waals surface area contributed by atoms with Gasteiger partial charge < -0.3 is 24.1 Å². The number of nitrogens with one attached hydrogen (secondary N) is 1. The summed E-state index contributed by atoms with van der Waals surface area (Å²) in [7, 11) is 0. The van der Waals surface area contributed by atoms with Crippen LogP contribution in [-0.2, 0) is 9.53 Å². The van der Waals surface area contributed by atoms with Crippen molar-refractivity contribution in [3.8, 4) is 5.75 Å². The fourth-order valence-corrected chi connectivity index (χ4v) is 2.63. The number of hydrogen-bond acceptors (Lipinski definition) is 5.